The number of nitrogens with zero attached hydrogens (tertiary/aromatic N) is 1. The van der Waals surface area contributed by atoms with Gasteiger partial charge in [0.1, 0.15) is 12.4 Å². The highest BCUT2D eigenvalue weighted by molar-refractivity contribution is 8.18. The van der Waals surface area contributed by atoms with Crippen molar-refractivity contribution in [3.8, 4) is 5.75 Å². The molecule has 0 saturated carbocycles. The molecule has 1 heterocycles. The van der Waals surface area contributed by atoms with Crippen LogP contribution in [-0.2, 0) is 4.79 Å². The summed E-state index contributed by atoms with van der Waals surface area (Å²) in [6.45, 7) is 0.514. The second kappa shape index (κ2) is 8.27. The molecule has 1 saturated heterocycles. The van der Waals surface area contributed by atoms with Crippen molar-refractivity contribution in [2.45, 2.75) is 4.90 Å². The van der Waals surface area contributed by atoms with Crippen LogP contribution in [0.25, 0.3) is 6.08 Å². The van der Waals surface area contributed by atoms with Crippen molar-refractivity contribution in [3.63, 3.8) is 0 Å². The number of para-hydroxylation sites is 1. The lowest BCUT2D eigenvalue weighted by Gasteiger charge is -2.13. The third kappa shape index (κ3) is 4.46. The van der Waals surface area contributed by atoms with Crippen molar-refractivity contribution in [1.29, 1.82) is 0 Å². The summed E-state index contributed by atoms with van der Waals surface area (Å²) in [5, 5.41) is -0.256. The van der Waals surface area contributed by atoms with Crippen LogP contribution in [0.3, 0.4) is 0 Å². The Morgan fingerprint density at radius 2 is 1.80 bits per heavy atom. The van der Waals surface area contributed by atoms with Crippen LogP contribution in [0.5, 0.6) is 5.75 Å². The van der Waals surface area contributed by atoms with Gasteiger partial charge in [0.2, 0.25) is 0 Å². The Morgan fingerprint density at radius 1 is 1.08 bits per heavy atom. The third-order valence-electron chi connectivity index (χ3n) is 3.61. The van der Waals surface area contributed by atoms with Gasteiger partial charge in [0.15, 0.2) is 0 Å². The molecule has 128 valence electrons. The molecule has 4 nitrogen and oxygen atoms in total. The highest BCUT2D eigenvalue weighted by Gasteiger charge is 2.34. The number of ether oxygens (including phenoxy) is 1. The number of rotatable bonds is 6. The summed E-state index contributed by atoms with van der Waals surface area (Å²) >= 11 is 2.63. The quantitative estimate of drug-likeness (QED) is 0.552. The molecule has 1 aliphatic rings. The zero-order valence-electron chi connectivity index (χ0n) is 13.7. The number of amides is 2. The fourth-order valence-electron chi connectivity index (χ4n) is 2.32. The smallest absolute Gasteiger partial charge is 0.293 e. The molecule has 0 spiro atoms. The third-order valence-corrected chi connectivity index (χ3v) is 5.26. The summed E-state index contributed by atoms with van der Waals surface area (Å²) in [4.78, 5) is 27.4. The van der Waals surface area contributed by atoms with Crippen LogP contribution in [-0.4, -0.2) is 35.5 Å². The number of carbonyl (C=O) groups excluding carboxylic acids is 2. The maximum atomic E-state index is 12.4. The number of imide groups is 1. The van der Waals surface area contributed by atoms with Crippen molar-refractivity contribution in [1.82, 2.24) is 4.90 Å². The number of hydrogen-bond acceptors (Lipinski definition) is 5. The Labute approximate surface area is 155 Å². The lowest BCUT2D eigenvalue weighted by Crippen LogP contribution is -2.32. The predicted octanol–water partition coefficient (Wildman–Crippen LogP) is 4.52. The topological polar surface area (TPSA) is 46.6 Å². The molecule has 2 aromatic carbocycles. The van der Waals surface area contributed by atoms with Gasteiger partial charge < -0.3 is 4.74 Å². The molecule has 0 N–H and O–H groups in total. The molecule has 1 fully saturated rings. The Hall–Kier alpha value is -2.18. The summed E-state index contributed by atoms with van der Waals surface area (Å²) < 4.78 is 5.57. The SMILES string of the molecule is CSc1ccc(C=C2SC(=O)N(CCOc3ccccc3)C2=O)cc1. The molecule has 6 heteroatoms. The van der Waals surface area contributed by atoms with Gasteiger partial charge in [-0.2, -0.15) is 0 Å². The molecule has 2 amide bonds. The van der Waals surface area contributed by atoms with E-state index in [1.807, 2.05) is 60.9 Å². The van der Waals surface area contributed by atoms with Gasteiger partial charge in [-0.15, -0.1) is 11.8 Å². The predicted molar refractivity (Wildman–Crippen MR) is 103 cm³/mol. The molecule has 0 unspecified atom stereocenters. The van der Waals surface area contributed by atoms with Gasteiger partial charge >= 0.3 is 0 Å². The minimum absolute atomic E-state index is 0.238. The lowest BCUT2D eigenvalue weighted by atomic mass is 10.2. The molecule has 0 radical (unpaired) electrons. The Morgan fingerprint density at radius 3 is 2.48 bits per heavy atom. The fourth-order valence-corrected chi connectivity index (χ4v) is 3.59. The van der Waals surface area contributed by atoms with Crippen LogP contribution in [0.2, 0.25) is 0 Å². The second-order valence-corrected chi connectivity index (χ2v) is 7.14. The first kappa shape index (κ1) is 17.6. The van der Waals surface area contributed by atoms with Gasteiger partial charge in [0, 0.05) is 4.90 Å². The Bertz CT molecular complexity index is 788. The summed E-state index contributed by atoms with van der Waals surface area (Å²) in [7, 11) is 0. The molecular weight excluding hydrogens is 354 g/mol. The molecule has 0 aliphatic carbocycles. The fraction of sp³-hybridized carbons (Fsp3) is 0.158. The van der Waals surface area contributed by atoms with E-state index in [9.17, 15) is 9.59 Å². The van der Waals surface area contributed by atoms with Crippen LogP contribution in [0.4, 0.5) is 4.79 Å². The number of thioether (sulfide) groups is 2. The molecule has 0 bridgehead atoms. The summed E-state index contributed by atoms with van der Waals surface area (Å²) in [6, 6.07) is 17.2. The van der Waals surface area contributed by atoms with E-state index in [0.29, 0.717) is 4.91 Å². The van der Waals surface area contributed by atoms with Gasteiger partial charge in [-0.1, -0.05) is 30.3 Å². The summed E-state index contributed by atoms with van der Waals surface area (Å²) in [5.74, 6) is 0.458. The van der Waals surface area contributed by atoms with Crippen molar-refractivity contribution >= 4 is 40.7 Å². The van der Waals surface area contributed by atoms with Gasteiger partial charge in [-0.3, -0.25) is 14.5 Å². The first-order valence-corrected chi connectivity index (χ1v) is 9.79. The Balaban J connectivity index is 1.62. The highest BCUT2D eigenvalue weighted by Crippen LogP contribution is 2.32. The maximum absolute atomic E-state index is 12.4. The lowest BCUT2D eigenvalue weighted by molar-refractivity contribution is -0.123. The summed E-state index contributed by atoms with van der Waals surface area (Å²) in [5.41, 5.74) is 0.906. The van der Waals surface area contributed by atoms with Crippen molar-refractivity contribution in [2.75, 3.05) is 19.4 Å². The van der Waals surface area contributed by atoms with Gasteiger partial charge in [0.25, 0.3) is 11.1 Å². The molecule has 2 aromatic rings. The molecule has 1 aliphatic heterocycles. The number of carbonyl (C=O) groups is 2. The van der Waals surface area contributed by atoms with E-state index in [1.165, 1.54) is 4.90 Å². The molecule has 3 rings (SSSR count). The number of hydrogen-bond donors (Lipinski definition) is 0. The van der Waals surface area contributed by atoms with Crippen LogP contribution in [0.15, 0.2) is 64.4 Å². The van der Waals surface area contributed by atoms with Crippen molar-refractivity contribution in [2.24, 2.45) is 0 Å². The van der Waals surface area contributed by atoms with Crippen LogP contribution >= 0.6 is 23.5 Å². The first-order chi connectivity index (χ1) is 12.2. The minimum Gasteiger partial charge on any atom is -0.492 e. The summed E-state index contributed by atoms with van der Waals surface area (Å²) in [6.07, 6.45) is 3.77. The minimum atomic E-state index is -0.263. The zero-order chi connectivity index (χ0) is 17.6. The van der Waals surface area contributed by atoms with Crippen molar-refractivity contribution in [3.05, 3.63) is 65.1 Å². The molecule has 0 atom stereocenters. The van der Waals surface area contributed by atoms with E-state index in [1.54, 1.807) is 17.8 Å². The molecular formula is C19H17NO3S2. The van der Waals surface area contributed by atoms with Crippen molar-refractivity contribution < 1.29 is 14.3 Å². The van der Waals surface area contributed by atoms with E-state index in [0.717, 1.165) is 28.0 Å². The van der Waals surface area contributed by atoms with Crippen LogP contribution in [0.1, 0.15) is 5.56 Å². The average Bonchev–Trinajstić information content (AvgIpc) is 2.90. The zero-order valence-corrected chi connectivity index (χ0v) is 15.3. The normalized spacial score (nSPS) is 15.9. The maximum Gasteiger partial charge on any atom is 0.293 e. The largest absolute Gasteiger partial charge is 0.492 e. The second-order valence-electron chi connectivity index (χ2n) is 5.27. The average molecular weight is 371 g/mol. The van der Waals surface area contributed by atoms with E-state index in [-0.39, 0.29) is 24.3 Å². The van der Waals surface area contributed by atoms with Crippen LogP contribution < -0.4 is 4.74 Å². The standard InChI is InChI=1S/C19H17NO3S2/c1-24-16-9-7-14(8-10-16)13-17-18(21)20(19(22)25-17)11-12-23-15-5-3-2-4-6-15/h2-10,13H,11-12H2,1H3. The van der Waals surface area contributed by atoms with Gasteiger partial charge in [-0.25, -0.2) is 0 Å². The van der Waals surface area contributed by atoms with Gasteiger partial charge in [0.05, 0.1) is 11.4 Å². The van der Waals surface area contributed by atoms with Gasteiger partial charge in [-0.05, 0) is 53.9 Å². The van der Waals surface area contributed by atoms with E-state index in [4.69, 9.17) is 4.74 Å². The monoisotopic (exact) mass is 371 g/mol. The van der Waals surface area contributed by atoms with E-state index in [2.05, 4.69) is 0 Å². The first-order valence-electron chi connectivity index (χ1n) is 7.74. The number of benzene rings is 2. The molecule has 25 heavy (non-hydrogen) atoms. The van der Waals surface area contributed by atoms with Crippen LogP contribution in [0, 0.1) is 0 Å². The highest BCUT2D eigenvalue weighted by atomic mass is 32.2. The van der Waals surface area contributed by atoms with E-state index < -0.39 is 0 Å². The Kier molecular flexibility index (Phi) is 5.83. The molecule has 0 aromatic heterocycles. The van der Waals surface area contributed by atoms with E-state index >= 15 is 0 Å².